The Morgan fingerprint density at radius 1 is 1.15 bits per heavy atom. The molecular weight excluding hydrogens is 336 g/mol. The minimum Gasteiger partial charge on any atom is -0.480 e. The van der Waals surface area contributed by atoms with Crippen molar-refractivity contribution in [2.24, 2.45) is 0 Å². The molecular formula is C19H16N2O5. The molecule has 1 amide bonds. The molecule has 1 N–H and O–H groups in total. The molecule has 0 spiro atoms. The van der Waals surface area contributed by atoms with Crippen LogP contribution in [0.5, 0.6) is 0 Å². The van der Waals surface area contributed by atoms with Crippen LogP contribution in [0.1, 0.15) is 35.4 Å². The summed E-state index contributed by atoms with van der Waals surface area (Å²) in [6, 6.07) is 12.8. The van der Waals surface area contributed by atoms with Gasteiger partial charge >= 0.3 is 0 Å². The number of nitro groups is 1. The molecule has 2 aromatic carbocycles. The van der Waals surface area contributed by atoms with E-state index in [1.54, 1.807) is 48.5 Å². The van der Waals surface area contributed by atoms with Crippen LogP contribution in [-0.2, 0) is 9.53 Å². The summed E-state index contributed by atoms with van der Waals surface area (Å²) in [5.41, 5.74) is 1.48. The Morgan fingerprint density at radius 3 is 2.50 bits per heavy atom. The summed E-state index contributed by atoms with van der Waals surface area (Å²) < 4.78 is 5.62. The fourth-order valence-electron chi connectivity index (χ4n) is 2.71. The molecule has 7 nitrogen and oxygen atoms in total. The molecule has 26 heavy (non-hydrogen) atoms. The van der Waals surface area contributed by atoms with Crippen molar-refractivity contribution in [1.82, 2.24) is 0 Å². The van der Waals surface area contributed by atoms with Crippen molar-refractivity contribution in [3.63, 3.8) is 0 Å². The Bertz CT molecular complexity index is 902. The molecule has 1 atom stereocenters. The SMILES string of the molecule is CC(=O)c1ccc(NC(=O)C2=CCC(c3ccccc3[N+](=O)[O-])O2)cc1. The van der Waals surface area contributed by atoms with Crippen LogP contribution in [0.25, 0.3) is 0 Å². The predicted molar refractivity (Wildman–Crippen MR) is 94.7 cm³/mol. The summed E-state index contributed by atoms with van der Waals surface area (Å²) in [6.45, 7) is 1.47. The van der Waals surface area contributed by atoms with Gasteiger partial charge in [-0.3, -0.25) is 19.7 Å². The maximum absolute atomic E-state index is 12.3. The van der Waals surface area contributed by atoms with Gasteiger partial charge < -0.3 is 10.1 Å². The molecule has 0 fully saturated rings. The van der Waals surface area contributed by atoms with E-state index in [-0.39, 0.29) is 17.2 Å². The number of hydrogen-bond donors (Lipinski definition) is 1. The molecule has 0 aliphatic carbocycles. The number of amides is 1. The number of hydrogen-bond acceptors (Lipinski definition) is 5. The monoisotopic (exact) mass is 352 g/mol. The van der Waals surface area contributed by atoms with Crippen LogP contribution >= 0.6 is 0 Å². The van der Waals surface area contributed by atoms with Gasteiger partial charge in [0.2, 0.25) is 0 Å². The number of nitrogens with one attached hydrogen (secondary N) is 1. The van der Waals surface area contributed by atoms with Crippen molar-refractivity contribution < 1.29 is 19.2 Å². The highest BCUT2D eigenvalue weighted by atomic mass is 16.6. The first-order chi connectivity index (χ1) is 12.5. The molecule has 0 bridgehead atoms. The van der Waals surface area contributed by atoms with Crippen LogP contribution in [0.15, 0.2) is 60.4 Å². The van der Waals surface area contributed by atoms with Gasteiger partial charge in [0.25, 0.3) is 11.6 Å². The summed E-state index contributed by atoms with van der Waals surface area (Å²) in [5, 5.41) is 13.8. The van der Waals surface area contributed by atoms with Crippen molar-refractivity contribution in [1.29, 1.82) is 0 Å². The van der Waals surface area contributed by atoms with Gasteiger partial charge in [-0.05, 0) is 43.3 Å². The molecule has 0 radical (unpaired) electrons. The maximum atomic E-state index is 12.3. The fourth-order valence-corrected chi connectivity index (χ4v) is 2.71. The molecule has 2 aromatic rings. The minimum absolute atomic E-state index is 0.0348. The number of benzene rings is 2. The van der Waals surface area contributed by atoms with Crippen LogP contribution < -0.4 is 5.32 Å². The Labute approximate surface area is 149 Å². The maximum Gasteiger partial charge on any atom is 0.290 e. The fraction of sp³-hybridized carbons (Fsp3) is 0.158. The van der Waals surface area contributed by atoms with E-state index < -0.39 is 16.9 Å². The smallest absolute Gasteiger partial charge is 0.290 e. The Hall–Kier alpha value is -3.48. The number of anilines is 1. The van der Waals surface area contributed by atoms with E-state index in [1.165, 1.54) is 13.0 Å². The molecule has 7 heteroatoms. The lowest BCUT2D eigenvalue weighted by Gasteiger charge is -2.13. The molecule has 3 rings (SSSR count). The zero-order valence-electron chi connectivity index (χ0n) is 14.0. The second-order valence-electron chi connectivity index (χ2n) is 5.81. The van der Waals surface area contributed by atoms with E-state index in [0.717, 1.165) is 0 Å². The average Bonchev–Trinajstić information content (AvgIpc) is 3.12. The number of carbonyl (C=O) groups is 2. The lowest BCUT2D eigenvalue weighted by molar-refractivity contribution is -0.386. The number of carbonyl (C=O) groups excluding carboxylic acids is 2. The highest BCUT2D eigenvalue weighted by Crippen LogP contribution is 2.36. The molecule has 1 heterocycles. The number of rotatable bonds is 5. The summed E-state index contributed by atoms with van der Waals surface area (Å²) in [6.07, 6.45) is 1.41. The predicted octanol–water partition coefficient (Wildman–Crippen LogP) is 3.78. The van der Waals surface area contributed by atoms with Crippen molar-refractivity contribution in [2.75, 3.05) is 5.32 Å². The second kappa shape index (κ2) is 7.18. The Balaban J connectivity index is 1.68. The first-order valence-corrected chi connectivity index (χ1v) is 7.98. The first kappa shape index (κ1) is 17.3. The van der Waals surface area contributed by atoms with Gasteiger partial charge in [0.15, 0.2) is 11.5 Å². The summed E-state index contributed by atoms with van der Waals surface area (Å²) >= 11 is 0. The van der Waals surface area contributed by atoms with Gasteiger partial charge in [-0.1, -0.05) is 12.1 Å². The highest BCUT2D eigenvalue weighted by Gasteiger charge is 2.29. The minimum atomic E-state index is -0.572. The second-order valence-corrected chi connectivity index (χ2v) is 5.81. The van der Waals surface area contributed by atoms with E-state index >= 15 is 0 Å². The molecule has 0 saturated carbocycles. The normalized spacial score (nSPS) is 15.7. The summed E-state index contributed by atoms with van der Waals surface area (Å²) in [7, 11) is 0. The summed E-state index contributed by atoms with van der Waals surface area (Å²) in [5.74, 6) is -0.387. The number of para-hydroxylation sites is 1. The van der Waals surface area contributed by atoms with Crippen LogP contribution in [-0.4, -0.2) is 16.6 Å². The third-order valence-corrected chi connectivity index (χ3v) is 4.04. The van der Waals surface area contributed by atoms with Gasteiger partial charge in [-0.2, -0.15) is 0 Å². The number of nitro benzene ring substituents is 1. The molecule has 132 valence electrons. The van der Waals surface area contributed by atoms with Gasteiger partial charge in [0.1, 0.15) is 6.10 Å². The quantitative estimate of drug-likeness (QED) is 0.501. The lowest BCUT2D eigenvalue weighted by atomic mass is 10.1. The van der Waals surface area contributed by atoms with Crippen LogP contribution in [0, 0.1) is 10.1 Å². The van der Waals surface area contributed by atoms with Crippen LogP contribution in [0.4, 0.5) is 11.4 Å². The first-order valence-electron chi connectivity index (χ1n) is 7.98. The number of nitrogens with zero attached hydrogens (tertiary/aromatic N) is 1. The standard InChI is InChI=1S/C19H16N2O5/c1-12(22)13-6-8-14(9-7-13)20-19(23)18-11-10-17(26-18)15-4-2-3-5-16(15)21(24)25/h2-9,11,17H,10H2,1H3,(H,20,23). The zero-order chi connectivity index (χ0) is 18.7. The van der Waals surface area contributed by atoms with Crippen molar-refractivity contribution >= 4 is 23.1 Å². The molecule has 0 saturated heterocycles. The largest absolute Gasteiger partial charge is 0.480 e. The van der Waals surface area contributed by atoms with E-state index in [0.29, 0.717) is 23.2 Å². The number of Topliss-reactive ketones (excluding diaryl/α,β-unsaturated/α-hetero) is 1. The molecule has 1 unspecified atom stereocenters. The van der Waals surface area contributed by atoms with Gasteiger partial charge in [0, 0.05) is 23.7 Å². The van der Waals surface area contributed by atoms with E-state index in [9.17, 15) is 19.7 Å². The third kappa shape index (κ3) is 3.61. The number of ether oxygens (including phenoxy) is 1. The summed E-state index contributed by atoms with van der Waals surface area (Å²) in [4.78, 5) is 34.3. The van der Waals surface area contributed by atoms with Gasteiger partial charge in [-0.25, -0.2) is 0 Å². The van der Waals surface area contributed by atoms with Crippen molar-refractivity contribution in [3.8, 4) is 0 Å². The van der Waals surface area contributed by atoms with E-state index in [1.807, 2.05) is 0 Å². The topological polar surface area (TPSA) is 98.5 Å². The zero-order valence-corrected chi connectivity index (χ0v) is 14.0. The molecule has 1 aliphatic heterocycles. The Kier molecular flexibility index (Phi) is 4.79. The molecule has 1 aliphatic rings. The van der Waals surface area contributed by atoms with Crippen molar-refractivity contribution in [2.45, 2.75) is 19.4 Å². The highest BCUT2D eigenvalue weighted by molar-refractivity contribution is 6.03. The van der Waals surface area contributed by atoms with Gasteiger partial charge in [0.05, 0.1) is 10.5 Å². The van der Waals surface area contributed by atoms with Gasteiger partial charge in [-0.15, -0.1) is 0 Å². The number of ketones is 1. The average molecular weight is 352 g/mol. The van der Waals surface area contributed by atoms with E-state index in [2.05, 4.69) is 5.32 Å². The molecule has 0 aromatic heterocycles. The van der Waals surface area contributed by atoms with Crippen LogP contribution in [0.3, 0.4) is 0 Å². The van der Waals surface area contributed by atoms with E-state index in [4.69, 9.17) is 4.74 Å². The van der Waals surface area contributed by atoms with Crippen LogP contribution in [0.2, 0.25) is 0 Å². The van der Waals surface area contributed by atoms with Crippen molar-refractivity contribution in [3.05, 3.63) is 81.6 Å². The Morgan fingerprint density at radius 2 is 1.85 bits per heavy atom. The third-order valence-electron chi connectivity index (χ3n) is 4.04. The lowest BCUT2D eigenvalue weighted by Crippen LogP contribution is -2.15.